The van der Waals surface area contributed by atoms with Gasteiger partial charge >= 0.3 is 12.0 Å². The fraction of sp³-hybridized carbons (Fsp3) is 0.227. The van der Waals surface area contributed by atoms with E-state index in [-0.39, 0.29) is 12.4 Å². The number of ether oxygens (including phenoxy) is 1. The number of carbonyl (C=O) groups is 1. The number of hydrogen-bond acceptors (Lipinski definition) is 5. The molecule has 0 radical (unpaired) electrons. The van der Waals surface area contributed by atoms with Gasteiger partial charge in [0.1, 0.15) is 5.82 Å². The highest BCUT2D eigenvalue weighted by atomic mass is 16.5. The van der Waals surface area contributed by atoms with Gasteiger partial charge in [-0.3, -0.25) is 4.79 Å². The maximum Gasteiger partial charge on any atom is 0.318 e. The lowest BCUT2D eigenvalue weighted by Crippen LogP contribution is -2.04. The summed E-state index contributed by atoms with van der Waals surface area (Å²) in [6.07, 6.45) is 7.82. The van der Waals surface area contributed by atoms with E-state index < -0.39 is 5.97 Å². The second kappa shape index (κ2) is 9.38. The number of carboxylic acids is 1. The fourth-order valence-electron chi connectivity index (χ4n) is 2.76. The number of aromatic nitrogens is 2. The van der Waals surface area contributed by atoms with E-state index in [1.54, 1.807) is 0 Å². The number of para-hydroxylation sites is 1. The van der Waals surface area contributed by atoms with Gasteiger partial charge in [0.15, 0.2) is 0 Å². The smallest absolute Gasteiger partial charge is 0.318 e. The monoisotopic (exact) mass is 375 g/mol. The molecule has 0 bridgehead atoms. The minimum absolute atomic E-state index is 0.178. The maximum absolute atomic E-state index is 10.5. The van der Waals surface area contributed by atoms with Crippen molar-refractivity contribution in [3.63, 3.8) is 0 Å². The minimum Gasteiger partial charge on any atom is -0.481 e. The van der Waals surface area contributed by atoms with Crippen molar-refractivity contribution in [1.82, 2.24) is 9.97 Å². The first-order valence-corrected chi connectivity index (χ1v) is 9.11. The number of hydrogen-bond donors (Lipinski definition) is 2. The van der Waals surface area contributed by atoms with Crippen LogP contribution in [0.25, 0.3) is 10.9 Å². The Balaban J connectivity index is 1.74. The fourth-order valence-corrected chi connectivity index (χ4v) is 2.76. The molecule has 1 heterocycles. The molecule has 0 spiro atoms. The van der Waals surface area contributed by atoms with Crippen LogP contribution in [0.5, 0.6) is 6.01 Å². The molecule has 2 N–H and O–H groups in total. The van der Waals surface area contributed by atoms with Crippen LogP contribution < -0.4 is 10.1 Å². The van der Waals surface area contributed by atoms with Crippen LogP contribution in [-0.2, 0) is 4.79 Å². The molecule has 0 saturated carbocycles. The van der Waals surface area contributed by atoms with Crippen molar-refractivity contribution in [2.75, 3.05) is 11.9 Å². The van der Waals surface area contributed by atoms with Crippen molar-refractivity contribution in [3.05, 3.63) is 54.1 Å². The predicted molar refractivity (Wildman–Crippen MR) is 109 cm³/mol. The molecule has 2 aromatic carbocycles. The van der Waals surface area contributed by atoms with Gasteiger partial charge in [-0.1, -0.05) is 24.1 Å². The topological polar surface area (TPSA) is 84.3 Å². The third-order valence-electron chi connectivity index (χ3n) is 4.14. The molecule has 3 aromatic rings. The van der Waals surface area contributed by atoms with Gasteiger partial charge in [0, 0.05) is 23.1 Å². The molecule has 28 heavy (non-hydrogen) atoms. The molecule has 0 aliphatic rings. The number of rotatable bonds is 9. The number of unbranched alkanes of at least 4 members (excludes halogenated alkanes) is 2. The molecule has 0 aliphatic heterocycles. The average molecular weight is 375 g/mol. The number of nitrogens with zero attached hydrogens (tertiary/aromatic N) is 2. The summed E-state index contributed by atoms with van der Waals surface area (Å²) in [6, 6.07) is 15.5. The van der Waals surface area contributed by atoms with E-state index in [2.05, 4.69) is 21.2 Å². The van der Waals surface area contributed by atoms with Gasteiger partial charge in [-0.15, -0.1) is 6.42 Å². The molecule has 1 aromatic heterocycles. The van der Waals surface area contributed by atoms with E-state index in [1.165, 1.54) is 0 Å². The molecule has 142 valence electrons. The van der Waals surface area contributed by atoms with Crippen LogP contribution in [0.15, 0.2) is 48.5 Å². The van der Waals surface area contributed by atoms with E-state index in [9.17, 15) is 4.79 Å². The molecule has 0 atom stereocenters. The number of terminal acetylenes is 1. The molecule has 0 aliphatic carbocycles. The standard InChI is InChI=1S/C22H21N3O3/c1-2-16-9-8-10-17(15-16)23-21-18-11-5-6-12-19(18)24-22(25-21)28-14-7-3-4-13-20(26)27/h1,5-6,8-12,15H,3-4,7,13-14H2,(H,26,27)(H,23,24,25). The van der Waals surface area contributed by atoms with Crippen LogP contribution >= 0.6 is 0 Å². The van der Waals surface area contributed by atoms with Gasteiger partial charge in [-0.2, -0.15) is 9.97 Å². The van der Waals surface area contributed by atoms with Gasteiger partial charge in [-0.05, 0) is 49.6 Å². The Labute approximate surface area is 163 Å². The van der Waals surface area contributed by atoms with Gasteiger partial charge < -0.3 is 15.2 Å². The van der Waals surface area contributed by atoms with Gasteiger partial charge in [0.25, 0.3) is 0 Å². The normalized spacial score (nSPS) is 10.4. The van der Waals surface area contributed by atoms with Gasteiger partial charge in [0.05, 0.1) is 12.1 Å². The van der Waals surface area contributed by atoms with Crippen LogP contribution in [0.1, 0.15) is 31.2 Å². The lowest BCUT2D eigenvalue weighted by Gasteiger charge is -2.11. The van der Waals surface area contributed by atoms with Crippen LogP contribution in [0.2, 0.25) is 0 Å². The third-order valence-corrected chi connectivity index (χ3v) is 4.14. The number of nitrogens with one attached hydrogen (secondary N) is 1. The summed E-state index contributed by atoms with van der Waals surface area (Å²) in [7, 11) is 0. The zero-order chi connectivity index (χ0) is 19.8. The zero-order valence-electron chi connectivity index (χ0n) is 15.4. The van der Waals surface area contributed by atoms with Crippen molar-refractivity contribution in [2.24, 2.45) is 0 Å². The van der Waals surface area contributed by atoms with E-state index in [4.69, 9.17) is 16.3 Å². The Morgan fingerprint density at radius 2 is 1.96 bits per heavy atom. The second-order valence-electron chi connectivity index (χ2n) is 6.27. The lowest BCUT2D eigenvalue weighted by atomic mass is 10.2. The molecular weight excluding hydrogens is 354 g/mol. The SMILES string of the molecule is C#Cc1cccc(Nc2nc(OCCCCCC(=O)O)nc3ccccc23)c1. The van der Waals surface area contributed by atoms with Gasteiger partial charge in [0.2, 0.25) is 0 Å². The van der Waals surface area contributed by atoms with Crippen LogP contribution in [0.3, 0.4) is 0 Å². The molecule has 6 heteroatoms. The Bertz CT molecular complexity index is 1010. The number of anilines is 2. The number of benzene rings is 2. The summed E-state index contributed by atoms with van der Waals surface area (Å²) < 4.78 is 5.70. The number of fused-ring (bicyclic) bond motifs is 1. The van der Waals surface area contributed by atoms with Crippen molar-refractivity contribution in [3.8, 4) is 18.4 Å². The first-order chi connectivity index (χ1) is 13.7. The molecule has 0 fully saturated rings. The molecule has 0 unspecified atom stereocenters. The van der Waals surface area contributed by atoms with Crippen molar-refractivity contribution < 1.29 is 14.6 Å². The van der Waals surface area contributed by atoms with Crippen molar-refractivity contribution in [1.29, 1.82) is 0 Å². The highest BCUT2D eigenvalue weighted by Gasteiger charge is 2.09. The number of aliphatic carboxylic acids is 1. The van der Waals surface area contributed by atoms with E-state index in [0.717, 1.165) is 35.0 Å². The third kappa shape index (κ3) is 5.21. The minimum atomic E-state index is -0.775. The lowest BCUT2D eigenvalue weighted by molar-refractivity contribution is -0.137. The largest absolute Gasteiger partial charge is 0.481 e. The Hall–Kier alpha value is -3.59. The van der Waals surface area contributed by atoms with Crippen LogP contribution in [-0.4, -0.2) is 27.7 Å². The second-order valence-corrected chi connectivity index (χ2v) is 6.27. The number of carboxylic acid groups (broad SMARTS) is 1. The molecule has 0 amide bonds. The quantitative estimate of drug-likeness (QED) is 0.426. The molecular formula is C22H21N3O3. The summed E-state index contributed by atoms with van der Waals surface area (Å²) in [6.45, 7) is 0.435. The molecule has 0 saturated heterocycles. The summed E-state index contributed by atoms with van der Waals surface area (Å²) in [5.74, 6) is 2.48. The van der Waals surface area contributed by atoms with E-state index in [0.29, 0.717) is 18.8 Å². The molecule has 3 rings (SSSR count). The Morgan fingerprint density at radius 3 is 2.79 bits per heavy atom. The Kier molecular flexibility index (Phi) is 6.42. The van der Waals surface area contributed by atoms with Crippen molar-refractivity contribution in [2.45, 2.75) is 25.7 Å². The molecule has 6 nitrogen and oxygen atoms in total. The van der Waals surface area contributed by atoms with Crippen LogP contribution in [0.4, 0.5) is 11.5 Å². The van der Waals surface area contributed by atoms with Gasteiger partial charge in [-0.25, -0.2) is 0 Å². The predicted octanol–water partition coefficient (Wildman–Crippen LogP) is 4.38. The first-order valence-electron chi connectivity index (χ1n) is 9.11. The summed E-state index contributed by atoms with van der Waals surface area (Å²) >= 11 is 0. The Morgan fingerprint density at radius 1 is 1.11 bits per heavy atom. The summed E-state index contributed by atoms with van der Waals surface area (Å²) in [5, 5.41) is 12.8. The summed E-state index contributed by atoms with van der Waals surface area (Å²) in [5.41, 5.74) is 2.38. The van der Waals surface area contributed by atoms with E-state index in [1.807, 2.05) is 48.5 Å². The van der Waals surface area contributed by atoms with E-state index >= 15 is 0 Å². The maximum atomic E-state index is 10.5. The highest BCUT2D eigenvalue weighted by molar-refractivity contribution is 5.91. The van der Waals surface area contributed by atoms with Crippen LogP contribution in [0, 0.1) is 12.3 Å². The first kappa shape index (κ1) is 19.2. The van der Waals surface area contributed by atoms with Crippen molar-refractivity contribution >= 4 is 28.4 Å². The highest BCUT2D eigenvalue weighted by Crippen LogP contribution is 2.26. The zero-order valence-corrected chi connectivity index (χ0v) is 15.4. The summed E-state index contributed by atoms with van der Waals surface area (Å²) in [4.78, 5) is 19.5. The average Bonchev–Trinajstić information content (AvgIpc) is 2.70.